The van der Waals surface area contributed by atoms with Gasteiger partial charge in [0, 0.05) is 11.8 Å². The van der Waals surface area contributed by atoms with Crippen LogP contribution in [0, 0.1) is 0 Å². The normalized spacial score (nSPS) is 11.3. The minimum atomic E-state index is -4.35. The van der Waals surface area contributed by atoms with Gasteiger partial charge < -0.3 is 5.43 Å². The van der Waals surface area contributed by atoms with Crippen LogP contribution in [-0.2, 0) is 6.18 Å². The molecule has 0 saturated carbocycles. The molecule has 0 spiro atoms. The Morgan fingerprint density at radius 1 is 1.06 bits per heavy atom. The first-order valence-electron chi connectivity index (χ1n) is 5.11. The lowest BCUT2D eigenvalue weighted by molar-refractivity contribution is -0.137. The van der Waals surface area contributed by atoms with Crippen molar-refractivity contribution >= 4 is 5.82 Å². The van der Waals surface area contributed by atoms with Crippen LogP contribution in [-0.4, -0.2) is 4.98 Å². The van der Waals surface area contributed by atoms with Crippen LogP contribution in [0.2, 0.25) is 0 Å². The number of nitrogens with two attached hydrogens (primary N) is 1. The predicted molar refractivity (Wildman–Crippen MR) is 62.5 cm³/mol. The Kier molecular flexibility index (Phi) is 3.20. The molecular formula is C12H10F3N3. The molecule has 2 aromatic rings. The number of rotatable bonds is 2. The maximum absolute atomic E-state index is 12.6. The number of benzene rings is 1. The van der Waals surface area contributed by atoms with E-state index in [2.05, 4.69) is 10.4 Å². The number of nitrogens with one attached hydrogen (secondary N) is 1. The Morgan fingerprint density at radius 3 is 2.39 bits per heavy atom. The van der Waals surface area contributed by atoms with Crippen molar-refractivity contribution < 1.29 is 13.2 Å². The molecule has 0 saturated heterocycles. The molecule has 1 heterocycles. The number of halogens is 3. The van der Waals surface area contributed by atoms with Gasteiger partial charge in [-0.1, -0.05) is 12.1 Å². The number of hydrogen-bond donors (Lipinski definition) is 2. The topological polar surface area (TPSA) is 50.9 Å². The number of anilines is 1. The van der Waals surface area contributed by atoms with E-state index in [-0.39, 0.29) is 0 Å². The van der Waals surface area contributed by atoms with Crippen LogP contribution in [0.15, 0.2) is 42.6 Å². The summed E-state index contributed by atoms with van der Waals surface area (Å²) in [5, 5.41) is 0. The van der Waals surface area contributed by atoms with Gasteiger partial charge in [0.15, 0.2) is 0 Å². The Labute approximate surface area is 101 Å². The molecule has 0 amide bonds. The number of pyridine rings is 1. The van der Waals surface area contributed by atoms with Crippen molar-refractivity contribution in [2.45, 2.75) is 6.18 Å². The minimum Gasteiger partial charge on any atom is -0.308 e. The molecule has 3 N–H and O–H groups in total. The quantitative estimate of drug-likeness (QED) is 0.638. The molecule has 0 radical (unpaired) electrons. The molecule has 0 fully saturated rings. The highest BCUT2D eigenvalue weighted by molar-refractivity contribution is 5.64. The molecule has 1 aromatic heterocycles. The van der Waals surface area contributed by atoms with E-state index in [0.29, 0.717) is 16.9 Å². The van der Waals surface area contributed by atoms with Crippen molar-refractivity contribution in [3.8, 4) is 11.1 Å². The zero-order valence-electron chi connectivity index (χ0n) is 9.20. The third-order valence-corrected chi connectivity index (χ3v) is 2.43. The predicted octanol–water partition coefficient (Wildman–Crippen LogP) is 3.05. The van der Waals surface area contributed by atoms with Crippen LogP contribution in [0.5, 0.6) is 0 Å². The monoisotopic (exact) mass is 253 g/mol. The number of nitrogen functional groups attached to an aromatic ring is 1. The van der Waals surface area contributed by atoms with Crippen LogP contribution in [0.4, 0.5) is 19.0 Å². The summed E-state index contributed by atoms with van der Waals surface area (Å²) in [6.45, 7) is 0. The molecule has 0 atom stereocenters. The van der Waals surface area contributed by atoms with E-state index in [1.165, 1.54) is 12.3 Å². The van der Waals surface area contributed by atoms with Crippen molar-refractivity contribution in [3.05, 3.63) is 48.2 Å². The fraction of sp³-hybridized carbons (Fsp3) is 0.0833. The summed E-state index contributed by atoms with van der Waals surface area (Å²) >= 11 is 0. The van der Waals surface area contributed by atoms with E-state index in [4.69, 9.17) is 5.84 Å². The van der Waals surface area contributed by atoms with E-state index in [1.807, 2.05) is 0 Å². The highest BCUT2D eigenvalue weighted by atomic mass is 19.4. The second-order valence-corrected chi connectivity index (χ2v) is 3.66. The number of hydrogen-bond acceptors (Lipinski definition) is 3. The maximum atomic E-state index is 12.6. The molecule has 3 nitrogen and oxygen atoms in total. The smallest absolute Gasteiger partial charge is 0.308 e. The molecule has 0 aliphatic carbocycles. The summed E-state index contributed by atoms with van der Waals surface area (Å²) in [6.07, 6.45) is -2.88. The highest BCUT2D eigenvalue weighted by Gasteiger charge is 2.30. The maximum Gasteiger partial charge on any atom is 0.416 e. The van der Waals surface area contributed by atoms with Gasteiger partial charge in [0.05, 0.1) is 5.56 Å². The fourth-order valence-electron chi connectivity index (χ4n) is 1.53. The van der Waals surface area contributed by atoms with Crippen LogP contribution < -0.4 is 11.3 Å². The highest BCUT2D eigenvalue weighted by Crippen LogP contribution is 2.32. The molecule has 0 aliphatic heterocycles. The third-order valence-electron chi connectivity index (χ3n) is 2.43. The summed E-state index contributed by atoms with van der Waals surface area (Å²) in [5.74, 6) is 5.61. The summed E-state index contributed by atoms with van der Waals surface area (Å²) in [4.78, 5) is 3.95. The zero-order chi connectivity index (χ0) is 13.2. The van der Waals surface area contributed by atoms with Gasteiger partial charge in [0.25, 0.3) is 0 Å². The summed E-state index contributed by atoms with van der Waals surface area (Å²) in [7, 11) is 0. The van der Waals surface area contributed by atoms with Gasteiger partial charge in [-0.15, -0.1) is 0 Å². The van der Waals surface area contributed by atoms with Crippen molar-refractivity contribution in [2.75, 3.05) is 5.43 Å². The second kappa shape index (κ2) is 4.66. The van der Waals surface area contributed by atoms with Gasteiger partial charge in [-0.3, -0.25) is 0 Å². The Hall–Kier alpha value is -2.08. The van der Waals surface area contributed by atoms with Crippen molar-refractivity contribution in [1.82, 2.24) is 4.98 Å². The summed E-state index contributed by atoms with van der Waals surface area (Å²) < 4.78 is 37.7. The molecule has 1 aromatic carbocycles. The first kappa shape index (κ1) is 12.4. The summed E-state index contributed by atoms with van der Waals surface area (Å²) in [6, 6.07) is 8.33. The van der Waals surface area contributed by atoms with E-state index in [0.717, 1.165) is 12.1 Å². The van der Waals surface area contributed by atoms with Crippen molar-refractivity contribution in [2.24, 2.45) is 5.84 Å². The molecule has 94 valence electrons. The zero-order valence-corrected chi connectivity index (χ0v) is 9.20. The van der Waals surface area contributed by atoms with Gasteiger partial charge in [-0.05, 0) is 29.8 Å². The molecule has 0 aliphatic rings. The molecule has 18 heavy (non-hydrogen) atoms. The van der Waals surface area contributed by atoms with Gasteiger partial charge in [-0.25, -0.2) is 10.8 Å². The SMILES string of the molecule is NNc1ccc(-c2cccc(C(F)(F)F)c2)cn1. The first-order valence-corrected chi connectivity index (χ1v) is 5.11. The van der Waals surface area contributed by atoms with Gasteiger partial charge in [0.1, 0.15) is 5.82 Å². The van der Waals surface area contributed by atoms with E-state index >= 15 is 0 Å². The van der Waals surface area contributed by atoms with Gasteiger partial charge in [-0.2, -0.15) is 13.2 Å². The summed E-state index contributed by atoms with van der Waals surface area (Å²) in [5.41, 5.74) is 2.73. The number of hydrazine groups is 1. The van der Waals surface area contributed by atoms with Crippen molar-refractivity contribution in [3.63, 3.8) is 0 Å². The van der Waals surface area contributed by atoms with Gasteiger partial charge >= 0.3 is 6.18 Å². The average Bonchev–Trinajstić information content (AvgIpc) is 2.38. The fourth-order valence-corrected chi connectivity index (χ4v) is 1.53. The Balaban J connectivity index is 2.38. The molecule has 2 rings (SSSR count). The van der Waals surface area contributed by atoms with E-state index in [9.17, 15) is 13.2 Å². The largest absolute Gasteiger partial charge is 0.416 e. The minimum absolute atomic E-state index is 0.450. The van der Waals surface area contributed by atoms with Crippen LogP contribution >= 0.6 is 0 Å². The van der Waals surface area contributed by atoms with Gasteiger partial charge in [0.2, 0.25) is 0 Å². The van der Waals surface area contributed by atoms with Crippen LogP contribution in [0.3, 0.4) is 0 Å². The standard InChI is InChI=1S/C12H10F3N3/c13-12(14,15)10-3-1-2-8(6-10)9-4-5-11(18-16)17-7-9/h1-7H,16H2,(H,17,18). The lowest BCUT2D eigenvalue weighted by atomic mass is 10.0. The third kappa shape index (κ3) is 2.60. The number of alkyl halides is 3. The lowest BCUT2D eigenvalue weighted by Crippen LogP contribution is -2.08. The lowest BCUT2D eigenvalue weighted by Gasteiger charge is -2.09. The number of nitrogens with zero attached hydrogens (tertiary/aromatic N) is 1. The first-order chi connectivity index (χ1) is 8.50. The molecular weight excluding hydrogens is 243 g/mol. The van der Waals surface area contributed by atoms with E-state index in [1.54, 1.807) is 18.2 Å². The van der Waals surface area contributed by atoms with E-state index < -0.39 is 11.7 Å². The van der Waals surface area contributed by atoms with Crippen molar-refractivity contribution in [1.29, 1.82) is 0 Å². The van der Waals surface area contributed by atoms with Crippen LogP contribution in [0.25, 0.3) is 11.1 Å². The molecule has 0 unspecified atom stereocenters. The average molecular weight is 253 g/mol. The molecule has 0 bridgehead atoms. The molecule has 6 heteroatoms. The second-order valence-electron chi connectivity index (χ2n) is 3.66. The van der Waals surface area contributed by atoms with Crippen LogP contribution in [0.1, 0.15) is 5.56 Å². The number of aromatic nitrogens is 1. The Morgan fingerprint density at radius 2 is 1.83 bits per heavy atom. The Bertz CT molecular complexity index is 535.